The lowest BCUT2D eigenvalue weighted by molar-refractivity contribution is -0.384. The Bertz CT molecular complexity index is 760. The van der Waals surface area contributed by atoms with Crippen molar-refractivity contribution in [1.29, 1.82) is 0 Å². The third-order valence-electron chi connectivity index (χ3n) is 2.74. The number of non-ortho nitro benzene ring substituents is 1. The van der Waals surface area contributed by atoms with Crippen molar-refractivity contribution < 1.29 is 18.5 Å². The number of carbonyl (C=O) groups is 1. The van der Waals surface area contributed by atoms with Crippen LogP contribution in [0.25, 0.3) is 6.08 Å². The first kappa shape index (κ1) is 15.3. The van der Waals surface area contributed by atoms with Crippen molar-refractivity contribution in [2.45, 2.75) is 0 Å². The van der Waals surface area contributed by atoms with E-state index in [0.29, 0.717) is 0 Å². The largest absolute Gasteiger partial charge is 0.320 e. The van der Waals surface area contributed by atoms with Crippen LogP contribution in [0.1, 0.15) is 5.56 Å². The molecule has 0 aliphatic carbocycles. The molecule has 0 fully saturated rings. The molecule has 2 aromatic rings. The maximum Gasteiger partial charge on any atom is 0.271 e. The second-order valence-corrected chi connectivity index (χ2v) is 4.27. The van der Waals surface area contributed by atoms with E-state index in [1.54, 1.807) is 6.07 Å². The summed E-state index contributed by atoms with van der Waals surface area (Å²) in [4.78, 5) is 21.6. The average molecular weight is 304 g/mol. The van der Waals surface area contributed by atoms with Crippen molar-refractivity contribution in [3.05, 3.63) is 75.9 Å². The van der Waals surface area contributed by atoms with Gasteiger partial charge >= 0.3 is 0 Å². The second kappa shape index (κ2) is 6.57. The van der Waals surface area contributed by atoms with Gasteiger partial charge < -0.3 is 5.32 Å². The fourth-order valence-corrected chi connectivity index (χ4v) is 1.67. The van der Waals surface area contributed by atoms with E-state index in [9.17, 15) is 23.7 Å². The Morgan fingerprint density at radius 2 is 1.86 bits per heavy atom. The molecule has 7 heteroatoms. The van der Waals surface area contributed by atoms with Crippen LogP contribution in [0, 0.1) is 21.7 Å². The molecule has 1 N–H and O–H groups in total. The third kappa shape index (κ3) is 3.72. The summed E-state index contributed by atoms with van der Waals surface area (Å²) in [5.74, 6) is -2.05. The molecule has 5 nitrogen and oxygen atoms in total. The summed E-state index contributed by atoms with van der Waals surface area (Å²) in [7, 11) is 0. The van der Waals surface area contributed by atoms with Crippen molar-refractivity contribution in [1.82, 2.24) is 0 Å². The van der Waals surface area contributed by atoms with E-state index in [1.165, 1.54) is 24.3 Å². The first-order valence-corrected chi connectivity index (χ1v) is 6.15. The van der Waals surface area contributed by atoms with Gasteiger partial charge in [-0.2, -0.15) is 0 Å². The van der Waals surface area contributed by atoms with E-state index in [4.69, 9.17) is 0 Å². The molecule has 0 saturated heterocycles. The van der Waals surface area contributed by atoms with Crippen LogP contribution in [0.2, 0.25) is 0 Å². The van der Waals surface area contributed by atoms with Crippen LogP contribution >= 0.6 is 0 Å². The number of hydrogen-bond donors (Lipinski definition) is 1. The third-order valence-corrected chi connectivity index (χ3v) is 2.74. The molecule has 0 radical (unpaired) electrons. The number of nitrogens with one attached hydrogen (secondary N) is 1. The summed E-state index contributed by atoms with van der Waals surface area (Å²) >= 11 is 0. The van der Waals surface area contributed by atoms with Crippen LogP contribution < -0.4 is 5.32 Å². The quantitative estimate of drug-likeness (QED) is 0.533. The Balaban J connectivity index is 2.14. The van der Waals surface area contributed by atoms with Gasteiger partial charge in [0, 0.05) is 23.8 Å². The minimum Gasteiger partial charge on any atom is -0.320 e. The van der Waals surface area contributed by atoms with E-state index in [2.05, 4.69) is 5.32 Å². The van der Waals surface area contributed by atoms with Crippen LogP contribution in [0.15, 0.2) is 48.5 Å². The lowest BCUT2D eigenvalue weighted by Gasteiger charge is -2.03. The molecule has 0 bridgehead atoms. The maximum atomic E-state index is 13.5. The molecule has 0 aliphatic heterocycles. The highest BCUT2D eigenvalue weighted by molar-refractivity contribution is 6.02. The van der Waals surface area contributed by atoms with Gasteiger partial charge in [-0.3, -0.25) is 14.9 Å². The molecule has 1 amide bonds. The number of nitrogens with zero attached hydrogens (tertiary/aromatic N) is 1. The Labute approximate surface area is 124 Å². The van der Waals surface area contributed by atoms with Gasteiger partial charge in [-0.1, -0.05) is 18.2 Å². The van der Waals surface area contributed by atoms with E-state index in [0.717, 1.165) is 24.3 Å². The highest BCUT2D eigenvalue weighted by Gasteiger charge is 2.12. The van der Waals surface area contributed by atoms with Crippen LogP contribution in [-0.2, 0) is 4.79 Å². The predicted molar refractivity (Wildman–Crippen MR) is 77.1 cm³/mol. The minimum absolute atomic E-state index is 0.192. The molecule has 22 heavy (non-hydrogen) atoms. The summed E-state index contributed by atoms with van der Waals surface area (Å²) in [5.41, 5.74) is -0.482. The summed E-state index contributed by atoms with van der Waals surface area (Å²) in [6.45, 7) is 0. The first-order valence-electron chi connectivity index (χ1n) is 6.15. The van der Waals surface area contributed by atoms with E-state index in [1.807, 2.05) is 0 Å². The maximum absolute atomic E-state index is 13.5. The number of nitro groups is 1. The number of nitro benzene ring substituents is 1. The van der Waals surface area contributed by atoms with Gasteiger partial charge in [-0.05, 0) is 18.2 Å². The van der Waals surface area contributed by atoms with Crippen LogP contribution in [0.5, 0.6) is 0 Å². The zero-order valence-corrected chi connectivity index (χ0v) is 11.1. The predicted octanol–water partition coefficient (Wildman–Crippen LogP) is 3.52. The lowest BCUT2D eigenvalue weighted by atomic mass is 10.2. The number of anilines is 1. The summed E-state index contributed by atoms with van der Waals surface area (Å²) in [6.07, 6.45) is 2.23. The number of hydrogen-bond acceptors (Lipinski definition) is 3. The summed E-state index contributed by atoms with van der Waals surface area (Å²) in [5, 5.41) is 12.8. The van der Waals surface area contributed by atoms with Crippen molar-refractivity contribution in [2.24, 2.45) is 0 Å². The SMILES string of the molecule is O=C(/C=C/c1ccccc1F)Nc1cc([N+](=O)[O-])ccc1F. The van der Waals surface area contributed by atoms with Gasteiger partial charge in [-0.15, -0.1) is 0 Å². The number of rotatable bonds is 4. The summed E-state index contributed by atoms with van der Waals surface area (Å²) < 4.78 is 26.9. The number of halogens is 2. The fourth-order valence-electron chi connectivity index (χ4n) is 1.67. The molecular weight excluding hydrogens is 294 g/mol. The van der Waals surface area contributed by atoms with Gasteiger partial charge in [0.05, 0.1) is 10.6 Å². The van der Waals surface area contributed by atoms with Crippen molar-refractivity contribution in [2.75, 3.05) is 5.32 Å². The molecule has 0 heterocycles. The number of benzene rings is 2. The van der Waals surface area contributed by atoms with Crippen LogP contribution in [0.4, 0.5) is 20.2 Å². The highest BCUT2D eigenvalue weighted by atomic mass is 19.1. The standard InChI is InChI=1S/C15H10F2N2O3/c16-12-4-2-1-3-10(12)5-8-15(20)18-14-9-11(19(21)22)6-7-13(14)17/h1-9H,(H,18,20)/b8-5+. The molecule has 0 atom stereocenters. The normalized spacial score (nSPS) is 10.6. The van der Waals surface area contributed by atoms with Gasteiger partial charge in [0.25, 0.3) is 5.69 Å². The second-order valence-electron chi connectivity index (χ2n) is 4.27. The minimum atomic E-state index is -0.807. The van der Waals surface area contributed by atoms with Crippen LogP contribution in [0.3, 0.4) is 0 Å². The van der Waals surface area contributed by atoms with Gasteiger partial charge in [0.15, 0.2) is 0 Å². The van der Waals surface area contributed by atoms with Crippen LogP contribution in [-0.4, -0.2) is 10.8 Å². The Kier molecular flexibility index (Phi) is 4.57. The average Bonchev–Trinajstić information content (AvgIpc) is 2.48. The molecule has 2 rings (SSSR count). The monoisotopic (exact) mass is 304 g/mol. The van der Waals surface area contributed by atoms with E-state index < -0.39 is 22.5 Å². The molecule has 0 aliphatic rings. The molecule has 0 aromatic heterocycles. The fraction of sp³-hybridized carbons (Fsp3) is 0. The Morgan fingerprint density at radius 1 is 1.14 bits per heavy atom. The van der Waals surface area contributed by atoms with Crippen molar-refractivity contribution in [3.63, 3.8) is 0 Å². The van der Waals surface area contributed by atoms with Gasteiger partial charge in [0.2, 0.25) is 5.91 Å². The molecule has 0 unspecified atom stereocenters. The Morgan fingerprint density at radius 3 is 2.55 bits per heavy atom. The van der Waals surface area contributed by atoms with E-state index in [-0.39, 0.29) is 16.9 Å². The highest BCUT2D eigenvalue weighted by Crippen LogP contribution is 2.21. The first-order chi connectivity index (χ1) is 10.5. The number of carbonyl (C=O) groups excluding carboxylic acids is 1. The summed E-state index contributed by atoms with van der Waals surface area (Å²) in [6, 6.07) is 8.58. The Hall–Kier alpha value is -3.09. The molecule has 2 aromatic carbocycles. The zero-order chi connectivity index (χ0) is 16.1. The molecule has 112 valence electrons. The lowest BCUT2D eigenvalue weighted by Crippen LogP contribution is -2.09. The smallest absolute Gasteiger partial charge is 0.271 e. The van der Waals surface area contributed by atoms with Gasteiger partial charge in [0.1, 0.15) is 11.6 Å². The molecular formula is C15H10F2N2O3. The van der Waals surface area contributed by atoms with E-state index >= 15 is 0 Å². The van der Waals surface area contributed by atoms with Gasteiger partial charge in [-0.25, -0.2) is 8.78 Å². The molecule has 0 spiro atoms. The molecule has 0 saturated carbocycles. The van der Waals surface area contributed by atoms with Crippen molar-refractivity contribution >= 4 is 23.4 Å². The topological polar surface area (TPSA) is 72.2 Å². The number of amides is 1. The van der Waals surface area contributed by atoms with Crippen molar-refractivity contribution in [3.8, 4) is 0 Å². The zero-order valence-electron chi connectivity index (χ0n) is 11.1.